The third-order valence-electron chi connectivity index (χ3n) is 3.08. The average molecular weight is 361 g/mol. The molecule has 0 saturated carbocycles. The van der Waals surface area contributed by atoms with Crippen molar-refractivity contribution in [1.82, 2.24) is 10.6 Å². The highest BCUT2D eigenvalue weighted by molar-refractivity contribution is 5.76. The second-order valence-electron chi connectivity index (χ2n) is 8.66. The Morgan fingerprint density at radius 3 is 1.68 bits per heavy atom. The van der Waals surface area contributed by atoms with Gasteiger partial charge in [-0.25, -0.2) is 0 Å². The van der Waals surface area contributed by atoms with E-state index in [0.29, 0.717) is 58.0 Å². The van der Waals surface area contributed by atoms with E-state index in [9.17, 15) is 4.79 Å². The fraction of sp³-hybridized carbons (Fsp3) is 0.947. The van der Waals surface area contributed by atoms with Crippen LogP contribution < -0.4 is 10.6 Å². The van der Waals surface area contributed by atoms with Crippen molar-refractivity contribution in [3.05, 3.63) is 0 Å². The van der Waals surface area contributed by atoms with Gasteiger partial charge in [0.1, 0.15) is 0 Å². The number of carbonyl (C=O) groups is 1. The molecule has 0 aliphatic carbocycles. The largest absolute Gasteiger partial charge is 0.378 e. The molecule has 0 fully saturated rings. The molecule has 0 aromatic rings. The minimum absolute atomic E-state index is 0.0174. The standard InChI is InChI=1S/C19H40N2O4/c1-18(2,3)15-17(22)21-8-10-24-12-14-25-13-11-23-9-7-20-16-19(4,5)6/h20H,7-16H2,1-6H3,(H,21,22). The maximum absolute atomic E-state index is 11.6. The smallest absolute Gasteiger partial charge is 0.220 e. The van der Waals surface area contributed by atoms with Crippen molar-refractivity contribution >= 4 is 5.91 Å². The zero-order chi connectivity index (χ0) is 19.2. The third kappa shape index (κ3) is 21.3. The van der Waals surface area contributed by atoms with E-state index >= 15 is 0 Å². The molecule has 0 radical (unpaired) electrons. The lowest BCUT2D eigenvalue weighted by molar-refractivity contribution is -0.123. The van der Waals surface area contributed by atoms with Gasteiger partial charge in [-0.1, -0.05) is 41.5 Å². The predicted molar refractivity (Wildman–Crippen MR) is 102 cm³/mol. The Hall–Kier alpha value is -0.690. The molecule has 0 bridgehead atoms. The van der Waals surface area contributed by atoms with E-state index in [1.165, 1.54) is 0 Å². The summed E-state index contributed by atoms with van der Waals surface area (Å²) >= 11 is 0. The number of hydrogen-bond acceptors (Lipinski definition) is 5. The summed E-state index contributed by atoms with van der Waals surface area (Å²) in [5.74, 6) is 0.0708. The van der Waals surface area contributed by atoms with E-state index in [-0.39, 0.29) is 11.3 Å². The summed E-state index contributed by atoms with van der Waals surface area (Å²) in [5, 5.41) is 6.21. The fourth-order valence-corrected chi connectivity index (χ4v) is 1.96. The Balaban J connectivity index is 3.21. The van der Waals surface area contributed by atoms with Crippen molar-refractivity contribution in [2.75, 3.05) is 59.3 Å². The summed E-state index contributed by atoms with van der Waals surface area (Å²) in [4.78, 5) is 11.6. The van der Waals surface area contributed by atoms with Gasteiger partial charge in [-0.15, -0.1) is 0 Å². The molecule has 1 amide bonds. The van der Waals surface area contributed by atoms with E-state index in [2.05, 4.69) is 31.4 Å². The van der Waals surface area contributed by atoms with Gasteiger partial charge in [-0.05, 0) is 10.8 Å². The molecular weight excluding hydrogens is 320 g/mol. The van der Waals surface area contributed by atoms with Crippen molar-refractivity contribution in [2.45, 2.75) is 48.0 Å². The molecule has 0 heterocycles. The topological polar surface area (TPSA) is 68.8 Å². The Morgan fingerprint density at radius 1 is 0.720 bits per heavy atom. The van der Waals surface area contributed by atoms with Crippen LogP contribution in [0.4, 0.5) is 0 Å². The lowest BCUT2D eigenvalue weighted by atomic mass is 9.92. The summed E-state index contributed by atoms with van der Waals surface area (Å²) in [5.41, 5.74) is 0.321. The minimum Gasteiger partial charge on any atom is -0.378 e. The molecule has 0 aliphatic rings. The van der Waals surface area contributed by atoms with Crippen molar-refractivity contribution in [3.8, 4) is 0 Å². The van der Waals surface area contributed by atoms with Crippen LogP contribution in [0.3, 0.4) is 0 Å². The van der Waals surface area contributed by atoms with Crippen LogP contribution >= 0.6 is 0 Å². The maximum atomic E-state index is 11.6. The van der Waals surface area contributed by atoms with E-state index in [1.54, 1.807) is 0 Å². The summed E-state index contributed by atoms with van der Waals surface area (Å²) in [6.45, 7) is 18.6. The summed E-state index contributed by atoms with van der Waals surface area (Å²) in [6.07, 6.45) is 0.530. The first-order valence-electron chi connectivity index (χ1n) is 9.31. The van der Waals surface area contributed by atoms with Crippen LogP contribution in [0.15, 0.2) is 0 Å². The Bertz CT molecular complexity index is 335. The molecule has 0 atom stereocenters. The van der Waals surface area contributed by atoms with Gasteiger partial charge in [0.05, 0.1) is 39.6 Å². The van der Waals surface area contributed by atoms with Crippen molar-refractivity contribution in [3.63, 3.8) is 0 Å². The predicted octanol–water partition coefficient (Wildman–Crippen LogP) is 2.22. The van der Waals surface area contributed by atoms with Gasteiger partial charge in [-0.2, -0.15) is 0 Å². The molecule has 0 unspecified atom stereocenters. The monoisotopic (exact) mass is 360 g/mol. The van der Waals surface area contributed by atoms with E-state index in [1.807, 2.05) is 20.8 Å². The molecule has 0 aliphatic heterocycles. The summed E-state index contributed by atoms with van der Waals surface area (Å²) in [7, 11) is 0. The van der Waals surface area contributed by atoms with Crippen LogP contribution in [0, 0.1) is 10.8 Å². The first-order chi connectivity index (χ1) is 11.6. The van der Waals surface area contributed by atoms with Gasteiger partial charge in [0.2, 0.25) is 5.91 Å². The molecule has 6 nitrogen and oxygen atoms in total. The average Bonchev–Trinajstić information content (AvgIpc) is 2.44. The first kappa shape index (κ1) is 24.3. The van der Waals surface area contributed by atoms with Gasteiger partial charge >= 0.3 is 0 Å². The van der Waals surface area contributed by atoms with Gasteiger partial charge in [0.25, 0.3) is 0 Å². The molecule has 0 rings (SSSR count). The summed E-state index contributed by atoms with van der Waals surface area (Å²) < 4.78 is 16.3. The van der Waals surface area contributed by atoms with Gasteiger partial charge in [0, 0.05) is 26.1 Å². The van der Waals surface area contributed by atoms with E-state index < -0.39 is 0 Å². The first-order valence-corrected chi connectivity index (χ1v) is 9.31. The molecule has 0 spiro atoms. The van der Waals surface area contributed by atoms with Crippen LogP contribution in [0.1, 0.15) is 48.0 Å². The highest BCUT2D eigenvalue weighted by Crippen LogP contribution is 2.17. The highest BCUT2D eigenvalue weighted by Gasteiger charge is 2.15. The van der Waals surface area contributed by atoms with Crippen LogP contribution in [-0.2, 0) is 19.0 Å². The lowest BCUT2D eigenvalue weighted by Crippen LogP contribution is -2.30. The van der Waals surface area contributed by atoms with Crippen LogP contribution in [-0.4, -0.2) is 65.2 Å². The van der Waals surface area contributed by atoms with E-state index in [0.717, 1.165) is 13.1 Å². The normalized spacial score (nSPS) is 12.4. The molecule has 0 aromatic heterocycles. The number of ether oxygens (including phenoxy) is 3. The molecule has 6 heteroatoms. The van der Waals surface area contributed by atoms with Crippen molar-refractivity contribution in [1.29, 1.82) is 0 Å². The van der Waals surface area contributed by atoms with Crippen molar-refractivity contribution < 1.29 is 19.0 Å². The maximum Gasteiger partial charge on any atom is 0.220 e. The SMILES string of the molecule is CC(C)(C)CNCCOCCOCCOCCNC(=O)CC(C)(C)C. The highest BCUT2D eigenvalue weighted by atomic mass is 16.5. The third-order valence-corrected chi connectivity index (χ3v) is 3.08. The molecule has 0 aromatic carbocycles. The number of nitrogens with one attached hydrogen (secondary N) is 2. The molecular formula is C19H40N2O4. The second kappa shape index (κ2) is 13.5. The number of carbonyl (C=O) groups excluding carboxylic acids is 1. The summed E-state index contributed by atoms with van der Waals surface area (Å²) in [6, 6.07) is 0. The van der Waals surface area contributed by atoms with Crippen LogP contribution in [0.2, 0.25) is 0 Å². The van der Waals surface area contributed by atoms with Gasteiger partial charge in [-0.3, -0.25) is 4.79 Å². The number of hydrogen-bond donors (Lipinski definition) is 2. The second-order valence-corrected chi connectivity index (χ2v) is 8.66. The zero-order valence-electron chi connectivity index (χ0n) is 17.2. The molecule has 2 N–H and O–H groups in total. The van der Waals surface area contributed by atoms with Crippen LogP contribution in [0.5, 0.6) is 0 Å². The van der Waals surface area contributed by atoms with E-state index in [4.69, 9.17) is 14.2 Å². The quantitative estimate of drug-likeness (QED) is 0.465. The van der Waals surface area contributed by atoms with Crippen molar-refractivity contribution in [2.24, 2.45) is 10.8 Å². The Morgan fingerprint density at radius 2 is 1.20 bits per heavy atom. The molecule has 150 valence electrons. The molecule has 25 heavy (non-hydrogen) atoms. The van der Waals surface area contributed by atoms with Crippen LogP contribution in [0.25, 0.3) is 0 Å². The number of rotatable bonds is 14. The Labute approximate surface area is 154 Å². The zero-order valence-corrected chi connectivity index (χ0v) is 17.2. The molecule has 0 saturated heterocycles. The minimum atomic E-state index is 0.0174. The lowest BCUT2D eigenvalue weighted by Gasteiger charge is -2.18. The fourth-order valence-electron chi connectivity index (χ4n) is 1.96. The van der Waals surface area contributed by atoms with Gasteiger partial charge < -0.3 is 24.8 Å². The van der Waals surface area contributed by atoms with Gasteiger partial charge in [0.15, 0.2) is 0 Å². The Kier molecular flexibility index (Phi) is 13.1. The number of amides is 1.